The van der Waals surface area contributed by atoms with Crippen LogP contribution >= 0.6 is 23.4 Å². The number of amides is 1. The van der Waals surface area contributed by atoms with Crippen molar-refractivity contribution >= 4 is 35.0 Å². The lowest BCUT2D eigenvalue weighted by Gasteiger charge is -2.11. The van der Waals surface area contributed by atoms with Crippen molar-refractivity contribution in [2.45, 2.75) is 17.9 Å². The molecule has 0 aliphatic carbocycles. The summed E-state index contributed by atoms with van der Waals surface area (Å²) < 4.78 is 32.2. The number of carbonyl (C=O) groups excluding carboxylic acids is 1. The largest absolute Gasteiger partial charge is 0.444 e. The summed E-state index contributed by atoms with van der Waals surface area (Å²) in [5.74, 6) is -0.848. The molecule has 140 valence electrons. The van der Waals surface area contributed by atoms with Gasteiger partial charge in [-0.2, -0.15) is 0 Å². The van der Waals surface area contributed by atoms with Crippen molar-refractivity contribution in [3.8, 4) is 11.5 Å². The molecule has 4 nitrogen and oxygen atoms in total. The average molecular weight is 409 g/mol. The van der Waals surface area contributed by atoms with E-state index in [1.54, 1.807) is 31.2 Å². The molecule has 1 heterocycles. The first-order valence-corrected chi connectivity index (χ1v) is 9.43. The van der Waals surface area contributed by atoms with E-state index in [9.17, 15) is 13.6 Å². The minimum atomic E-state index is -0.689. The maximum absolute atomic E-state index is 13.6. The number of hydrogen-bond acceptors (Lipinski definition) is 4. The maximum Gasteiger partial charge on any atom is 0.237 e. The lowest BCUT2D eigenvalue weighted by Crippen LogP contribution is -2.23. The Balaban J connectivity index is 1.57. The second-order valence-corrected chi connectivity index (χ2v) is 7.48. The number of halogens is 3. The minimum Gasteiger partial charge on any atom is -0.444 e. The third-order valence-corrected chi connectivity index (χ3v) is 5.11. The molecule has 8 heteroatoms. The minimum absolute atomic E-state index is 0.182. The normalized spacial score (nSPS) is 12.0. The number of nitrogens with zero attached hydrogens (tertiary/aromatic N) is 1. The number of nitrogens with one attached hydrogen (secondary N) is 1. The first-order valence-electron chi connectivity index (χ1n) is 8.00. The van der Waals surface area contributed by atoms with Gasteiger partial charge in [-0.3, -0.25) is 4.79 Å². The van der Waals surface area contributed by atoms with Crippen LogP contribution in [0.25, 0.3) is 11.5 Å². The second kappa shape index (κ2) is 8.54. The molecule has 0 unspecified atom stereocenters. The van der Waals surface area contributed by atoms with Crippen LogP contribution in [0, 0.1) is 11.6 Å². The van der Waals surface area contributed by atoms with Gasteiger partial charge < -0.3 is 9.73 Å². The number of rotatable bonds is 6. The van der Waals surface area contributed by atoms with E-state index in [1.807, 2.05) is 0 Å². The summed E-state index contributed by atoms with van der Waals surface area (Å²) in [6, 6.07) is 9.99. The highest BCUT2D eigenvalue weighted by Crippen LogP contribution is 2.24. The van der Waals surface area contributed by atoms with Gasteiger partial charge in [0.05, 0.1) is 16.6 Å². The van der Waals surface area contributed by atoms with Crippen LogP contribution in [0.1, 0.15) is 12.6 Å². The Bertz CT molecular complexity index is 947. The third kappa shape index (κ3) is 5.08. The van der Waals surface area contributed by atoms with E-state index in [4.69, 9.17) is 16.0 Å². The Hall–Kier alpha value is -2.38. The van der Waals surface area contributed by atoms with Crippen LogP contribution in [0.5, 0.6) is 0 Å². The van der Waals surface area contributed by atoms with Gasteiger partial charge in [-0.25, -0.2) is 13.8 Å². The highest BCUT2D eigenvalue weighted by atomic mass is 35.5. The highest BCUT2D eigenvalue weighted by Gasteiger charge is 2.17. The van der Waals surface area contributed by atoms with E-state index in [0.29, 0.717) is 22.4 Å². The molecule has 27 heavy (non-hydrogen) atoms. The molecule has 3 rings (SSSR count). The zero-order chi connectivity index (χ0) is 19.4. The van der Waals surface area contributed by atoms with Gasteiger partial charge in [0.1, 0.15) is 17.9 Å². The van der Waals surface area contributed by atoms with Crippen LogP contribution < -0.4 is 5.32 Å². The van der Waals surface area contributed by atoms with Gasteiger partial charge >= 0.3 is 0 Å². The Labute approximate surface area is 163 Å². The molecule has 3 aromatic rings. The molecule has 0 aliphatic rings. The first kappa shape index (κ1) is 19.4. The molecule has 0 saturated carbocycles. The Kier molecular flexibility index (Phi) is 6.13. The summed E-state index contributed by atoms with van der Waals surface area (Å²) in [6.07, 6.45) is 1.52. The first-order chi connectivity index (χ1) is 12.9. The molecule has 0 aliphatic heterocycles. The predicted octanol–water partition coefficient (Wildman–Crippen LogP) is 5.53. The molecule has 0 spiro atoms. The number of aromatic nitrogens is 1. The Morgan fingerprint density at radius 2 is 2.00 bits per heavy atom. The Morgan fingerprint density at radius 3 is 2.74 bits per heavy atom. The van der Waals surface area contributed by atoms with E-state index < -0.39 is 22.8 Å². The number of carbonyl (C=O) groups is 1. The van der Waals surface area contributed by atoms with Crippen LogP contribution in [0.3, 0.4) is 0 Å². The molecule has 0 fully saturated rings. The van der Waals surface area contributed by atoms with Crippen molar-refractivity contribution in [3.05, 3.63) is 71.1 Å². The van der Waals surface area contributed by atoms with Crippen molar-refractivity contribution in [2.24, 2.45) is 0 Å². The van der Waals surface area contributed by atoms with Crippen molar-refractivity contribution < 1.29 is 18.0 Å². The van der Waals surface area contributed by atoms with E-state index >= 15 is 0 Å². The van der Waals surface area contributed by atoms with Crippen LogP contribution in [0.2, 0.25) is 5.02 Å². The fourth-order valence-electron chi connectivity index (χ4n) is 2.21. The smallest absolute Gasteiger partial charge is 0.237 e. The summed E-state index contributed by atoms with van der Waals surface area (Å²) in [7, 11) is 0. The fraction of sp³-hybridized carbons (Fsp3) is 0.158. The zero-order valence-corrected chi connectivity index (χ0v) is 15.8. The predicted molar refractivity (Wildman–Crippen MR) is 103 cm³/mol. The quantitative estimate of drug-likeness (QED) is 0.582. The highest BCUT2D eigenvalue weighted by molar-refractivity contribution is 7.99. The molecule has 0 bridgehead atoms. The molecule has 1 atom stereocenters. The Morgan fingerprint density at radius 1 is 1.26 bits per heavy atom. The average Bonchev–Trinajstić information content (AvgIpc) is 3.12. The lowest BCUT2D eigenvalue weighted by atomic mass is 10.2. The number of benzene rings is 2. The van der Waals surface area contributed by atoms with Gasteiger partial charge in [-0.05, 0) is 43.3 Å². The standard InChI is InChI=1S/C19H15ClF2N2O2S/c1-11(18(25)24-17-8-14(21)6-7-16(17)22)27-10-15-9-26-19(23-15)12-2-4-13(20)5-3-12/h2-9,11H,10H2,1H3,(H,24,25)/t11-/m0/s1. The summed E-state index contributed by atoms with van der Waals surface area (Å²) in [6.45, 7) is 1.68. The summed E-state index contributed by atoms with van der Waals surface area (Å²) in [5, 5.41) is 2.52. The zero-order valence-electron chi connectivity index (χ0n) is 14.2. The van der Waals surface area contributed by atoms with E-state index in [0.717, 1.165) is 23.8 Å². The molecular formula is C19H15ClF2N2O2S. The van der Waals surface area contributed by atoms with Crippen molar-refractivity contribution in [1.29, 1.82) is 0 Å². The van der Waals surface area contributed by atoms with Gasteiger partial charge in [-0.1, -0.05) is 11.6 Å². The molecule has 1 amide bonds. The van der Waals surface area contributed by atoms with Crippen LogP contribution in [-0.2, 0) is 10.5 Å². The van der Waals surface area contributed by atoms with Gasteiger partial charge in [0.25, 0.3) is 0 Å². The van der Waals surface area contributed by atoms with Gasteiger partial charge in [-0.15, -0.1) is 11.8 Å². The summed E-state index contributed by atoms with van der Waals surface area (Å²) in [5.41, 5.74) is 1.28. The molecule has 0 radical (unpaired) electrons. The maximum atomic E-state index is 13.6. The van der Waals surface area contributed by atoms with Gasteiger partial charge in [0.15, 0.2) is 0 Å². The number of hydrogen-bond donors (Lipinski definition) is 1. The van der Waals surface area contributed by atoms with Crippen molar-refractivity contribution in [3.63, 3.8) is 0 Å². The topological polar surface area (TPSA) is 55.1 Å². The molecule has 2 aromatic carbocycles. The molecule has 0 saturated heterocycles. The van der Waals surface area contributed by atoms with Crippen LogP contribution in [0.4, 0.5) is 14.5 Å². The number of thioether (sulfide) groups is 1. The van der Waals surface area contributed by atoms with E-state index in [2.05, 4.69) is 10.3 Å². The molecule has 1 N–H and O–H groups in total. The van der Waals surface area contributed by atoms with E-state index in [-0.39, 0.29) is 5.69 Å². The summed E-state index contributed by atoms with van der Waals surface area (Å²) in [4.78, 5) is 16.6. The fourth-order valence-corrected chi connectivity index (χ4v) is 3.10. The molecule has 1 aromatic heterocycles. The SMILES string of the molecule is C[C@H](SCc1coc(-c2ccc(Cl)cc2)n1)C(=O)Nc1cc(F)ccc1F. The lowest BCUT2D eigenvalue weighted by molar-refractivity contribution is -0.115. The second-order valence-electron chi connectivity index (χ2n) is 5.72. The number of anilines is 1. The van der Waals surface area contributed by atoms with Crippen molar-refractivity contribution in [1.82, 2.24) is 4.98 Å². The van der Waals surface area contributed by atoms with Gasteiger partial charge in [0.2, 0.25) is 11.8 Å². The monoisotopic (exact) mass is 408 g/mol. The van der Waals surface area contributed by atoms with Gasteiger partial charge in [0, 0.05) is 22.4 Å². The van der Waals surface area contributed by atoms with Crippen molar-refractivity contribution in [2.75, 3.05) is 5.32 Å². The third-order valence-electron chi connectivity index (χ3n) is 3.68. The molecular weight excluding hydrogens is 394 g/mol. The summed E-state index contributed by atoms with van der Waals surface area (Å²) >= 11 is 7.16. The van der Waals surface area contributed by atoms with Crippen LogP contribution in [-0.4, -0.2) is 16.1 Å². The van der Waals surface area contributed by atoms with E-state index in [1.165, 1.54) is 18.0 Å². The number of oxazole rings is 1. The van der Waals surface area contributed by atoms with Crippen LogP contribution in [0.15, 0.2) is 53.1 Å².